The van der Waals surface area contributed by atoms with Gasteiger partial charge in [-0.05, 0) is 31.2 Å². The molecular weight excluding hydrogens is 374 g/mol. The second kappa shape index (κ2) is 6.62. The summed E-state index contributed by atoms with van der Waals surface area (Å²) in [7, 11) is 0. The lowest BCUT2D eigenvalue weighted by Gasteiger charge is -2.11. The number of hydrogen-bond acceptors (Lipinski definition) is 4. The van der Waals surface area contributed by atoms with Gasteiger partial charge in [0.15, 0.2) is 5.15 Å². The summed E-state index contributed by atoms with van der Waals surface area (Å²) in [6.07, 6.45) is 0.588. The van der Waals surface area contributed by atoms with Crippen molar-refractivity contribution >= 4 is 23.1 Å². The van der Waals surface area contributed by atoms with Gasteiger partial charge in [0.05, 0.1) is 24.3 Å². The maximum absolute atomic E-state index is 13.1. The van der Waals surface area contributed by atoms with Gasteiger partial charge in [0.25, 0.3) is 6.43 Å². The Hall–Kier alpha value is -3.00. The minimum Gasteiger partial charge on any atom is -0.382 e. The maximum atomic E-state index is 13.1. The smallest absolute Gasteiger partial charge is 0.256 e. The third-order valence-corrected chi connectivity index (χ3v) is 4.47. The number of nitrogens with two attached hydrogens (primary N) is 1. The average Bonchev–Trinajstić information content (AvgIpc) is 3.16. The Morgan fingerprint density at radius 3 is 2.74 bits per heavy atom. The van der Waals surface area contributed by atoms with Crippen LogP contribution in [-0.2, 0) is 6.54 Å². The molecular formula is C18H15ClF2N6. The van der Waals surface area contributed by atoms with Crippen LogP contribution in [-0.4, -0.2) is 30.3 Å². The minimum absolute atomic E-state index is 0.189. The summed E-state index contributed by atoms with van der Waals surface area (Å²) in [5, 5.41) is 0.189. The van der Waals surface area contributed by atoms with Gasteiger partial charge in [-0.2, -0.15) is 0 Å². The van der Waals surface area contributed by atoms with Crippen LogP contribution in [0.15, 0.2) is 42.9 Å². The lowest BCUT2D eigenvalue weighted by atomic mass is 10.1. The minimum atomic E-state index is -2.52. The van der Waals surface area contributed by atoms with Gasteiger partial charge in [-0.25, -0.2) is 18.7 Å². The summed E-state index contributed by atoms with van der Waals surface area (Å²) in [4.78, 5) is 13.0. The van der Waals surface area contributed by atoms with Crippen molar-refractivity contribution in [2.45, 2.75) is 19.9 Å². The van der Waals surface area contributed by atoms with Crippen molar-refractivity contribution in [3.63, 3.8) is 0 Å². The molecule has 138 valence electrons. The van der Waals surface area contributed by atoms with Crippen LogP contribution < -0.4 is 5.73 Å². The van der Waals surface area contributed by atoms with E-state index in [1.165, 1.54) is 10.9 Å². The second-order valence-electron chi connectivity index (χ2n) is 6.08. The van der Waals surface area contributed by atoms with Crippen molar-refractivity contribution < 1.29 is 8.78 Å². The van der Waals surface area contributed by atoms with Crippen molar-refractivity contribution in [1.82, 2.24) is 23.9 Å². The molecule has 0 unspecified atom stereocenters. The first-order valence-corrected chi connectivity index (χ1v) is 8.52. The highest BCUT2D eigenvalue weighted by Gasteiger charge is 2.19. The zero-order valence-electron chi connectivity index (χ0n) is 14.3. The van der Waals surface area contributed by atoms with Crippen molar-refractivity contribution in [2.75, 3.05) is 5.73 Å². The van der Waals surface area contributed by atoms with E-state index in [2.05, 4.69) is 15.0 Å². The molecule has 9 heteroatoms. The number of fused-ring (bicyclic) bond motifs is 1. The molecule has 4 rings (SSSR count). The number of hydrogen-bond donors (Lipinski definition) is 1. The number of halogens is 3. The van der Waals surface area contributed by atoms with E-state index in [0.29, 0.717) is 28.3 Å². The average molecular weight is 389 g/mol. The molecule has 0 aliphatic rings. The van der Waals surface area contributed by atoms with Crippen LogP contribution in [0.5, 0.6) is 0 Å². The summed E-state index contributed by atoms with van der Waals surface area (Å²) in [5.74, 6) is 0.281. The summed E-state index contributed by atoms with van der Waals surface area (Å²) in [6.45, 7) is 1.38. The summed E-state index contributed by atoms with van der Waals surface area (Å²) >= 11 is 5.99. The molecule has 0 aliphatic heterocycles. The zero-order chi connectivity index (χ0) is 19.1. The van der Waals surface area contributed by atoms with Gasteiger partial charge in [0.1, 0.15) is 17.2 Å². The number of pyridine rings is 2. The Labute approximate surface area is 158 Å². The van der Waals surface area contributed by atoms with Crippen LogP contribution in [0.4, 0.5) is 14.6 Å². The van der Waals surface area contributed by atoms with Crippen LogP contribution in [0.3, 0.4) is 0 Å². The van der Waals surface area contributed by atoms with Crippen molar-refractivity contribution in [3.05, 3.63) is 53.7 Å². The van der Waals surface area contributed by atoms with Crippen molar-refractivity contribution in [3.8, 4) is 22.6 Å². The Kier molecular flexibility index (Phi) is 4.27. The molecule has 4 aromatic rings. The summed E-state index contributed by atoms with van der Waals surface area (Å²) < 4.78 is 29.2. The van der Waals surface area contributed by atoms with Crippen LogP contribution >= 0.6 is 11.6 Å². The first-order chi connectivity index (χ1) is 12.9. The highest BCUT2D eigenvalue weighted by molar-refractivity contribution is 6.32. The predicted molar refractivity (Wildman–Crippen MR) is 99.8 cm³/mol. The van der Waals surface area contributed by atoms with Crippen molar-refractivity contribution in [2.24, 2.45) is 0 Å². The monoisotopic (exact) mass is 388 g/mol. The predicted octanol–water partition coefficient (Wildman–Crippen LogP) is 4.07. The molecule has 0 radical (unpaired) electrons. The molecule has 0 spiro atoms. The van der Waals surface area contributed by atoms with Crippen molar-refractivity contribution in [1.29, 1.82) is 0 Å². The molecule has 0 aromatic carbocycles. The van der Waals surface area contributed by atoms with Gasteiger partial charge < -0.3 is 10.3 Å². The number of alkyl halides is 2. The zero-order valence-corrected chi connectivity index (χ0v) is 15.0. The Morgan fingerprint density at radius 1 is 1.19 bits per heavy atom. The molecule has 4 aromatic heterocycles. The Bertz CT molecular complexity index is 1130. The largest absolute Gasteiger partial charge is 0.382 e. The number of nitrogen functional groups attached to an aromatic ring is 1. The molecule has 0 amide bonds. The van der Waals surface area contributed by atoms with Crippen LogP contribution in [0.25, 0.3) is 28.3 Å². The van der Waals surface area contributed by atoms with E-state index in [9.17, 15) is 8.78 Å². The van der Waals surface area contributed by atoms with Crippen LogP contribution in [0.1, 0.15) is 5.69 Å². The maximum Gasteiger partial charge on any atom is 0.256 e. The van der Waals surface area contributed by atoms with Crippen LogP contribution in [0.2, 0.25) is 5.15 Å². The fourth-order valence-electron chi connectivity index (χ4n) is 3.01. The fraction of sp³-hybridized carbons (Fsp3) is 0.167. The Morgan fingerprint density at radius 2 is 2.00 bits per heavy atom. The number of nitrogens with zero attached hydrogens (tertiary/aromatic N) is 5. The quantitative estimate of drug-likeness (QED) is 0.572. The normalized spacial score (nSPS) is 11.6. The molecule has 0 fully saturated rings. The number of anilines is 1. The van der Waals surface area contributed by atoms with Gasteiger partial charge >= 0.3 is 0 Å². The number of imidazole rings is 2. The van der Waals surface area contributed by atoms with Gasteiger partial charge in [0, 0.05) is 17.5 Å². The number of rotatable bonds is 4. The molecule has 2 N–H and O–H groups in total. The summed E-state index contributed by atoms with van der Waals surface area (Å²) in [6, 6.07) is 9.01. The molecule has 0 saturated heterocycles. The van der Waals surface area contributed by atoms with E-state index in [1.807, 2.05) is 19.1 Å². The SMILES string of the molecule is Cc1cccc(-c2ncn(CC(F)F)c2-c2ccc3nc(Cl)c(N)n3c2)n1. The molecule has 0 saturated carbocycles. The molecule has 27 heavy (non-hydrogen) atoms. The fourth-order valence-corrected chi connectivity index (χ4v) is 3.19. The third-order valence-electron chi connectivity index (χ3n) is 4.19. The van der Waals surface area contributed by atoms with Gasteiger partial charge in [-0.3, -0.25) is 9.38 Å². The van der Waals surface area contributed by atoms with E-state index in [1.54, 1.807) is 28.8 Å². The van der Waals surface area contributed by atoms with E-state index < -0.39 is 13.0 Å². The van der Waals surface area contributed by atoms with E-state index >= 15 is 0 Å². The van der Waals surface area contributed by atoms with E-state index in [0.717, 1.165) is 5.69 Å². The van der Waals surface area contributed by atoms with Gasteiger partial charge in [-0.1, -0.05) is 17.7 Å². The Balaban J connectivity index is 1.94. The topological polar surface area (TPSA) is 74.0 Å². The second-order valence-corrected chi connectivity index (χ2v) is 6.44. The van der Waals surface area contributed by atoms with Gasteiger partial charge in [-0.15, -0.1) is 0 Å². The standard InChI is InChI=1S/C18H15ClF2N6/c1-10-3-2-4-12(24-10)15-16(26(9-23-15)8-13(20)21)11-5-6-14-25-17(19)18(22)27(14)7-11/h2-7,9,13H,8,22H2,1H3. The highest BCUT2D eigenvalue weighted by atomic mass is 35.5. The summed E-state index contributed by atoms with van der Waals surface area (Å²) in [5.41, 5.74) is 9.64. The molecule has 0 aliphatic carbocycles. The van der Waals surface area contributed by atoms with E-state index in [4.69, 9.17) is 17.3 Å². The third kappa shape index (κ3) is 3.12. The lowest BCUT2D eigenvalue weighted by Crippen LogP contribution is -2.07. The van der Waals surface area contributed by atoms with Gasteiger partial charge in [0.2, 0.25) is 0 Å². The highest BCUT2D eigenvalue weighted by Crippen LogP contribution is 2.32. The first-order valence-electron chi connectivity index (χ1n) is 8.15. The number of aromatic nitrogens is 5. The van der Waals surface area contributed by atoms with Crippen LogP contribution in [0, 0.1) is 6.92 Å². The lowest BCUT2D eigenvalue weighted by molar-refractivity contribution is 0.127. The molecule has 4 heterocycles. The molecule has 0 atom stereocenters. The van der Waals surface area contributed by atoms with E-state index in [-0.39, 0.29) is 11.0 Å². The number of aryl methyl sites for hydroxylation is 1. The first kappa shape index (κ1) is 17.4. The molecule has 0 bridgehead atoms. The molecule has 6 nitrogen and oxygen atoms in total.